The Labute approximate surface area is 150 Å². The topological polar surface area (TPSA) is 117 Å². The first-order valence-electron chi connectivity index (χ1n) is 8.09. The summed E-state index contributed by atoms with van der Waals surface area (Å²) in [7, 11) is 1.39. The number of nitrogens with zero attached hydrogens (tertiary/aromatic N) is 1. The molecule has 9 heteroatoms. The summed E-state index contributed by atoms with van der Waals surface area (Å²) in [4.78, 5) is 37.0. The van der Waals surface area contributed by atoms with Crippen LogP contribution >= 0.6 is 0 Å². The van der Waals surface area contributed by atoms with Gasteiger partial charge in [0.2, 0.25) is 0 Å². The van der Waals surface area contributed by atoms with E-state index in [1.165, 1.54) is 32.2 Å². The smallest absolute Gasteiger partial charge is 0.339 e. The molecule has 0 saturated carbocycles. The molecular formula is C17H22N2O7. The summed E-state index contributed by atoms with van der Waals surface area (Å²) >= 11 is 0. The SMILES string of the molecule is COc1cc(C(=O)OC(C)C(=O)N2CCOCC2)ccc1OCC(N)=O. The third-order valence-electron chi connectivity index (χ3n) is 3.72. The third kappa shape index (κ3) is 5.09. The number of benzene rings is 1. The average Bonchev–Trinajstić information content (AvgIpc) is 2.66. The van der Waals surface area contributed by atoms with Crippen LogP contribution in [-0.4, -0.2) is 68.8 Å². The van der Waals surface area contributed by atoms with Crippen molar-refractivity contribution < 1.29 is 33.3 Å². The number of amides is 2. The van der Waals surface area contributed by atoms with Crippen molar-refractivity contribution in [2.45, 2.75) is 13.0 Å². The van der Waals surface area contributed by atoms with E-state index >= 15 is 0 Å². The van der Waals surface area contributed by atoms with Gasteiger partial charge in [-0.2, -0.15) is 0 Å². The van der Waals surface area contributed by atoms with Crippen molar-refractivity contribution in [1.82, 2.24) is 4.90 Å². The molecule has 0 bridgehead atoms. The molecule has 1 fully saturated rings. The summed E-state index contributed by atoms with van der Waals surface area (Å²) in [6, 6.07) is 4.32. The molecule has 0 aliphatic carbocycles. The van der Waals surface area contributed by atoms with Gasteiger partial charge in [-0.15, -0.1) is 0 Å². The Kier molecular flexibility index (Phi) is 6.79. The number of primary amides is 1. The standard InChI is InChI=1S/C17H22N2O7/c1-11(16(21)19-5-7-24-8-6-19)26-17(22)12-3-4-13(14(9-12)23-2)25-10-15(18)20/h3-4,9,11H,5-8,10H2,1-2H3,(H2,18,20). The highest BCUT2D eigenvalue weighted by Crippen LogP contribution is 2.28. The normalized spacial score (nSPS) is 15.1. The zero-order valence-electron chi connectivity index (χ0n) is 14.7. The van der Waals surface area contributed by atoms with Crippen LogP contribution in [0.15, 0.2) is 18.2 Å². The van der Waals surface area contributed by atoms with E-state index in [2.05, 4.69) is 0 Å². The van der Waals surface area contributed by atoms with Crippen molar-refractivity contribution in [2.24, 2.45) is 5.73 Å². The van der Waals surface area contributed by atoms with Gasteiger partial charge in [-0.3, -0.25) is 9.59 Å². The fraction of sp³-hybridized carbons (Fsp3) is 0.471. The van der Waals surface area contributed by atoms with Gasteiger partial charge in [0, 0.05) is 13.1 Å². The molecule has 1 saturated heterocycles. The van der Waals surface area contributed by atoms with Crippen LogP contribution in [0.4, 0.5) is 0 Å². The van der Waals surface area contributed by atoms with Crippen LogP contribution in [0.3, 0.4) is 0 Å². The Balaban J connectivity index is 2.01. The molecule has 1 aliphatic rings. The van der Waals surface area contributed by atoms with Gasteiger partial charge in [-0.25, -0.2) is 4.79 Å². The minimum Gasteiger partial charge on any atom is -0.493 e. The molecule has 9 nitrogen and oxygen atoms in total. The van der Waals surface area contributed by atoms with Crippen molar-refractivity contribution in [1.29, 1.82) is 0 Å². The summed E-state index contributed by atoms with van der Waals surface area (Å²) in [5.41, 5.74) is 5.22. The first-order chi connectivity index (χ1) is 12.4. The van der Waals surface area contributed by atoms with Crippen LogP contribution in [0.1, 0.15) is 17.3 Å². The highest BCUT2D eigenvalue weighted by molar-refractivity contribution is 5.93. The zero-order valence-corrected chi connectivity index (χ0v) is 14.7. The van der Waals surface area contributed by atoms with Gasteiger partial charge in [-0.1, -0.05) is 0 Å². The number of carbonyl (C=O) groups is 3. The predicted molar refractivity (Wildman–Crippen MR) is 90.0 cm³/mol. The maximum absolute atomic E-state index is 12.3. The Morgan fingerprint density at radius 2 is 1.92 bits per heavy atom. The number of rotatable bonds is 7. The van der Waals surface area contributed by atoms with Gasteiger partial charge in [0.05, 0.1) is 25.9 Å². The van der Waals surface area contributed by atoms with Crippen LogP contribution in [0.5, 0.6) is 11.5 Å². The molecule has 26 heavy (non-hydrogen) atoms. The van der Waals surface area contributed by atoms with Crippen molar-refractivity contribution in [2.75, 3.05) is 40.0 Å². The Hall–Kier alpha value is -2.81. The molecule has 0 aromatic heterocycles. The summed E-state index contributed by atoms with van der Waals surface area (Å²) in [5, 5.41) is 0. The van der Waals surface area contributed by atoms with Crippen LogP contribution in [0, 0.1) is 0 Å². The first kappa shape index (κ1) is 19.5. The molecule has 1 unspecified atom stereocenters. The number of hydrogen-bond acceptors (Lipinski definition) is 7. The lowest BCUT2D eigenvalue weighted by atomic mass is 10.2. The number of ether oxygens (including phenoxy) is 4. The first-order valence-corrected chi connectivity index (χ1v) is 8.09. The number of esters is 1. The van der Waals surface area contributed by atoms with Gasteiger partial charge in [0.15, 0.2) is 24.2 Å². The van der Waals surface area contributed by atoms with E-state index in [0.29, 0.717) is 26.3 Å². The van der Waals surface area contributed by atoms with Crippen molar-refractivity contribution in [3.63, 3.8) is 0 Å². The van der Waals surface area contributed by atoms with Crippen molar-refractivity contribution in [3.05, 3.63) is 23.8 Å². The van der Waals surface area contributed by atoms with Crippen molar-refractivity contribution >= 4 is 17.8 Å². The fourth-order valence-electron chi connectivity index (χ4n) is 2.38. The molecule has 1 heterocycles. The van der Waals surface area contributed by atoms with Crippen LogP contribution in [-0.2, 0) is 19.1 Å². The lowest BCUT2D eigenvalue weighted by Gasteiger charge is -2.29. The van der Waals surface area contributed by atoms with E-state index in [0.717, 1.165) is 0 Å². The molecule has 142 valence electrons. The largest absolute Gasteiger partial charge is 0.493 e. The Morgan fingerprint density at radius 3 is 2.54 bits per heavy atom. The molecule has 0 spiro atoms. The molecule has 1 aromatic rings. The van der Waals surface area contributed by atoms with Crippen LogP contribution in [0.25, 0.3) is 0 Å². The van der Waals surface area contributed by atoms with Gasteiger partial charge in [0.1, 0.15) is 0 Å². The number of methoxy groups -OCH3 is 1. The summed E-state index contributed by atoms with van der Waals surface area (Å²) in [5.74, 6) is -1.06. The van der Waals surface area contributed by atoms with Gasteiger partial charge in [-0.05, 0) is 25.1 Å². The number of nitrogens with two attached hydrogens (primary N) is 1. The second-order valence-corrected chi connectivity index (χ2v) is 5.61. The highest BCUT2D eigenvalue weighted by atomic mass is 16.5. The van der Waals surface area contributed by atoms with E-state index in [-0.39, 0.29) is 29.6 Å². The monoisotopic (exact) mass is 366 g/mol. The quantitative estimate of drug-likeness (QED) is 0.673. The molecule has 1 aromatic carbocycles. The highest BCUT2D eigenvalue weighted by Gasteiger charge is 2.26. The average molecular weight is 366 g/mol. The Morgan fingerprint density at radius 1 is 1.23 bits per heavy atom. The summed E-state index contributed by atoms with van der Waals surface area (Å²) in [6.45, 7) is 3.09. The van der Waals surface area contributed by atoms with Gasteiger partial charge >= 0.3 is 5.97 Å². The fourth-order valence-corrected chi connectivity index (χ4v) is 2.38. The van der Waals surface area contributed by atoms with E-state index in [1.807, 2.05) is 0 Å². The van der Waals surface area contributed by atoms with Crippen LogP contribution < -0.4 is 15.2 Å². The Bertz CT molecular complexity index is 671. The number of morpholine rings is 1. The van der Waals surface area contributed by atoms with E-state index in [9.17, 15) is 14.4 Å². The zero-order chi connectivity index (χ0) is 19.1. The molecule has 1 atom stereocenters. The second kappa shape index (κ2) is 9.04. The maximum atomic E-state index is 12.3. The molecule has 2 N–H and O–H groups in total. The maximum Gasteiger partial charge on any atom is 0.339 e. The number of hydrogen-bond donors (Lipinski definition) is 1. The van der Waals surface area contributed by atoms with Gasteiger partial charge in [0.25, 0.3) is 11.8 Å². The molecule has 2 rings (SSSR count). The van der Waals surface area contributed by atoms with E-state index < -0.39 is 18.0 Å². The van der Waals surface area contributed by atoms with Crippen molar-refractivity contribution in [3.8, 4) is 11.5 Å². The lowest BCUT2D eigenvalue weighted by molar-refractivity contribution is -0.143. The van der Waals surface area contributed by atoms with E-state index in [4.69, 9.17) is 24.7 Å². The molecule has 1 aliphatic heterocycles. The predicted octanol–water partition coefficient (Wildman–Crippen LogP) is -0.0366. The minimum absolute atomic E-state index is 0.190. The number of carbonyl (C=O) groups excluding carboxylic acids is 3. The summed E-state index contributed by atoms with van der Waals surface area (Å²) in [6.07, 6.45) is -0.919. The lowest BCUT2D eigenvalue weighted by Crippen LogP contribution is -2.46. The van der Waals surface area contributed by atoms with E-state index in [1.54, 1.807) is 4.90 Å². The second-order valence-electron chi connectivity index (χ2n) is 5.61. The summed E-state index contributed by atoms with van der Waals surface area (Å²) < 4.78 is 20.8. The molecule has 0 radical (unpaired) electrons. The molecule has 2 amide bonds. The molecular weight excluding hydrogens is 344 g/mol. The third-order valence-corrected chi connectivity index (χ3v) is 3.72. The van der Waals surface area contributed by atoms with Gasteiger partial charge < -0.3 is 29.6 Å². The van der Waals surface area contributed by atoms with Crippen LogP contribution in [0.2, 0.25) is 0 Å². The minimum atomic E-state index is -0.919.